The zero-order valence-electron chi connectivity index (χ0n) is 13.7. The highest BCUT2D eigenvalue weighted by Crippen LogP contribution is 2.27. The Balaban J connectivity index is 1.89. The molecule has 0 spiro atoms. The largest absolute Gasteiger partial charge is 0.381 e. The van der Waals surface area contributed by atoms with Crippen LogP contribution in [-0.4, -0.2) is 25.3 Å². The molecule has 122 valence electrons. The van der Waals surface area contributed by atoms with Gasteiger partial charge in [-0.25, -0.2) is 5.43 Å². The summed E-state index contributed by atoms with van der Waals surface area (Å²) in [6.07, 6.45) is 2.03. The van der Waals surface area contributed by atoms with Gasteiger partial charge in [0.15, 0.2) is 0 Å². The van der Waals surface area contributed by atoms with Crippen LogP contribution in [0.1, 0.15) is 18.9 Å². The molecule has 0 heterocycles. The van der Waals surface area contributed by atoms with Gasteiger partial charge in [-0.2, -0.15) is 5.10 Å². The first kappa shape index (κ1) is 16.1. The number of hydrogen-bond donors (Lipinski definition) is 1. The van der Waals surface area contributed by atoms with Crippen molar-refractivity contribution in [2.24, 2.45) is 5.10 Å². The molecule has 1 N–H and O–H groups in total. The highest BCUT2D eigenvalue weighted by molar-refractivity contribution is 6.13. The third-order valence-electron chi connectivity index (χ3n) is 3.87. The molecule has 4 heteroatoms. The molecular weight excluding hydrogens is 300 g/mol. The van der Waals surface area contributed by atoms with Crippen LogP contribution in [0.4, 0.5) is 0 Å². The second-order valence-electron chi connectivity index (χ2n) is 5.47. The molecule has 3 aromatic rings. The van der Waals surface area contributed by atoms with E-state index < -0.39 is 0 Å². The van der Waals surface area contributed by atoms with Crippen molar-refractivity contribution >= 4 is 33.7 Å². The Bertz CT molecular complexity index is 833. The Kier molecular flexibility index (Phi) is 5.18. The summed E-state index contributed by atoms with van der Waals surface area (Å²) < 4.78 is 5.17. The predicted octanol–water partition coefficient (Wildman–Crippen LogP) is 3.87. The normalized spacial score (nSPS) is 11.4. The van der Waals surface area contributed by atoms with Crippen molar-refractivity contribution in [2.75, 3.05) is 13.2 Å². The standard InChI is InChI=1S/C20H20N2O2/c1-2-24-12-11-20(23)22-21-14-19-17-9-5-3-7-15(17)13-16-8-4-6-10-18(16)19/h3-10,13-14H,2,11-12H2,1H3,(H,22,23)/b21-14+. The van der Waals surface area contributed by atoms with Crippen LogP contribution < -0.4 is 5.43 Å². The van der Waals surface area contributed by atoms with E-state index in [2.05, 4.69) is 40.9 Å². The number of rotatable bonds is 6. The fourth-order valence-corrected chi connectivity index (χ4v) is 2.72. The maximum atomic E-state index is 11.7. The van der Waals surface area contributed by atoms with E-state index in [4.69, 9.17) is 4.74 Å². The summed E-state index contributed by atoms with van der Waals surface area (Å²) in [5, 5.41) is 8.68. The minimum absolute atomic E-state index is 0.149. The van der Waals surface area contributed by atoms with Gasteiger partial charge in [-0.3, -0.25) is 4.79 Å². The van der Waals surface area contributed by atoms with Gasteiger partial charge in [0, 0.05) is 12.2 Å². The Morgan fingerprint density at radius 1 is 1.08 bits per heavy atom. The van der Waals surface area contributed by atoms with E-state index in [0.717, 1.165) is 27.1 Å². The zero-order chi connectivity index (χ0) is 16.8. The van der Waals surface area contributed by atoms with Crippen molar-refractivity contribution in [2.45, 2.75) is 13.3 Å². The van der Waals surface area contributed by atoms with Gasteiger partial charge in [0.05, 0.1) is 19.2 Å². The lowest BCUT2D eigenvalue weighted by Crippen LogP contribution is -2.19. The van der Waals surface area contributed by atoms with Gasteiger partial charge >= 0.3 is 0 Å². The Morgan fingerprint density at radius 2 is 1.71 bits per heavy atom. The van der Waals surface area contributed by atoms with Crippen LogP contribution >= 0.6 is 0 Å². The Labute approximate surface area is 141 Å². The molecule has 0 aromatic heterocycles. The first-order valence-corrected chi connectivity index (χ1v) is 8.09. The van der Waals surface area contributed by atoms with Crippen molar-refractivity contribution in [3.05, 3.63) is 60.2 Å². The van der Waals surface area contributed by atoms with Gasteiger partial charge in [-0.15, -0.1) is 0 Å². The van der Waals surface area contributed by atoms with Gasteiger partial charge in [-0.1, -0.05) is 48.5 Å². The van der Waals surface area contributed by atoms with E-state index in [1.807, 2.05) is 31.2 Å². The van der Waals surface area contributed by atoms with Crippen LogP contribution in [0.2, 0.25) is 0 Å². The molecule has 0 radical (unpaired) electrons. The number of amides is 1. The molecular formula is C20H20N2O2. The highest BCUT2D eigenvalue weighted by Gasteiger charge is 2.05. The summed E-state index contributed by atoms with van der Waals surface area (Å²) in [7, 11) is 0. The smallest absolute Gasteiger partial charge is 0.242 e. The molecule has 0 saturated carbocycles. The van der Waals surface area contributed by atoms with E-state index in [9.17, 15) is 4.79 Å². The number of nitrogens with zero attached hydrogens (tertiary/aromatic N) is 1. The van der Waals surface area contributed by atoms with Crippen molar-refractivity contribution < 1.29 is 9.53 Å². The number of carbonyl (C=O) groups is 1. The molecule has 0 atom stereocenters. The lowest BCUT2D eigenvalue weighted by atomic mass is 9.97. The monoisotopic (exact) mass is 320 g/mol. The molecule has 3 aromatic carbocycles. The number of benzene rings is 3. The summed E-state index contributed by atoms with van der Waals surface area (Å²) >= 11 is 0. The SMILES string of the molecule is CCOCCC(=O)N/N=C/c1c2ccccc2cc2ccccc12. The van der Waals surface area contributed by atoms with E-state index in [1.54, 1.807) is 6.21 Å². The summed E-state index contributed by atoms with van der Waals surface area (Å²) in [5.41, 5.74) is 3.58. The molecule has 0 fully saturated rings. The molecule has 0 saturated heterocycles. The summed E-state index contributed by atoms with van der Waals surface area (Å²) in [5.74, 6) is -0.149. The van der Waals surface area contributed by atoms with E-state index >= 15 is 0 Å². The maximum Gasteiger partial charge on any atom is 0.242 e. The number of nitrogens with one attached hydrogen (secondary N) is 1. The van der Waals surface area contributed by atoms with E-state index in [-0.39, 0.29) is 5.91 Å². The fraction of sp³-hybridized carbons (Fsp3) is 0.200. The third kappa shape index (κ3) is 3.60. The average molecular weight is 320 g/mol. The summed E-state index contributed by atoms with van der Waals surface area (Å²) in [4.78, 5) is 11.7. The van der Waals surface area contributed by atoms with Gasteiger partial charge in [-0.05, 0) is 34.5 Å². The van der Waals surface area contributed by atoms with Gasteiger partial charge in [0.1, 0.15) is 0 Å². The molecule has 0 unspecified atom stereocenters. The van der Waals surface area contributed by atoms with Crippen molar-refractivity contribution in [1.29, 1.82) is 0 Å². The van der Waals surface area contributed by atoms with Crippen LogP contribution in [0.5, 0.6) is 0 Å². The average Bonchev–Trinajstić information content (AvgIpc) is 2.61. The molecule has 1 amide bonds. The first-order valence-electron chi connectivity index (χ1n) is 8.09. The fourth-order valence-electron chi connectivity index (χ4n) is 2.72. The Hall–Kier alpha value is -2.72. The number of ether oxygens (including phenoxy) is 1. The molecule has 0 aliphatic rings. The minimum Gasteiger partial charge on any atom is -0.381 e. The second kappa shape index (κ2) is 7.70. The second-order valence-corrected chi connectivity index (χ2v) is 5.47. The molecule has 4 nitrogen and oxygen atoms in total. The molecule has 24 heavy (non-hydrogen) atoms. The van der Waals surface area contributed by atoms with Crippen LogP contribution in [0.15, 0.2) is 59.7 Å². The summed E-state index contributed by atoms with van der Waals surface area (Å²) in [6, 6.07) is 18.5. The van der Waals surface area contributed by atoms with Crippen molar-refractivity contribution in [3.8, 4) is 0 Å². The van der Waals surface area contributed by atoms with Crippen LogP contribution in [0.25, 0.3) is 21.5 Å². The third-order valence-corrected chi connectivity index (χ3v) is 3.87. The topological polar surface area (TPSA) is 50.7 Å². The Morgan fingerprint density at radius 3 is 2.33 bits per heavy atom. The number of hydrazone groups is 1. The van der Waals surface area contributed by atoms with Gasteiger partial charge in [0.2, 0.25) is 5.91 Å². The number of carbonyl (C=O) groups excluding carboxylic acids is 1. The van der Waals surface area contributed by atoms with Gasteiger partial charge in [0.25, 0.3) is 0 Å². The van der Waals surface area contributed by atoms with Crippen molar-refractivity contribution in [3.63, 3.8) is 0 Å². The van der Waals surface area contributed by atoms with Crippen LogP contribution in [0, 0.1) is 0 Å². The number of fused-ring (bicyclic) bond motifs is 2. The summed E-state index contributed by atoms with van der Waals surface area (Å²) in [6.45, 7) is 2.93. The maximum absolute atomic E-state index is 11.7. The molecule has 0 aliphatic carbocycles. The van der Waals surface area contributed by atoms with Gasteiger partial charge < -0.3 is 4.74 Å². The van der Waals surface area contributed by atoms with Crippen LogP contribution in [-0.2, 0) is 9.53 Å². The highest BCUT2D eigenvalue weighted by atomic mass is 16.5. The van der Waals surface area contributed by atoms with E-state index in [0.29, 0.717) is 19.6 Å². The number of hydrogen-bond acceptors (Lipinski definition) is 3. The van der Waals surface area contributed by atoms with Crippen molar-refractivity contribution in [1.82, 2.24) is 5.43 Å². The lowest BCUT2D eigenvalue weighted by molar-refractivity contribution is -0.122. The zero-order valence-corrected chi connectivity index (χ0v) is 13.7. The van der Waals surface area contributed by atoms with E-state index in [1.165, 1.54) is 0 Å². The van der Waals surface area contributed by atoms with Crippen LogP contribution in [0.3, 0.4) is 0 Å². The first-order chi connectivity index (χ1) is 11.8. The minimum atomic E-state index is -0.149. The lowest BCUT2D eigenvalue weighted by Gasteiger charge is -2.08. The molecule has 0 bridgehead atoms. The predicted molar refractivity (Wildman–Crippen MR) is 98.3 cm³/mol. The molecule has 0 aliphatic heterocycles. The molecule has 3 rings (SSSR count). The quantitative estimate of drug-likeness (QED) is 0.324.